The number of amides is 1. The van der Waals surface area contributed by atoms with Crippen molar-refractivity contribution in [3.05, 3.63) is 42.0 Å². The quantitative estimate of drug-likeness (QED) is 0.821. The van der Waals surface area contributed by atoms with Crippen molar-refractivity contribution < 1.29 is 9.32 Å². The number of carbonyl (C=O) groups is 1. The van der Waals surface area contributed by atoms with Crippen molar-refractivity contribution >= 4 is 11.6 Å². The molecule has 0 aliphatic carbocycles. The van der Waals surface area contributed by atoms with Crippen LogP contribution in [0.15, 0.2) is 34.9 Å². The van der Waals surface area contributed by atoms with Crippen LogP contribution in [0.3, 0.4) is 0 Å². The molecule has 7 heteroatoms. The monoisotopic (exact) mass is 343 g/mol. The van der Waals surface area contributed by atoms with Gasteiger partial charge in [-0.15, -0.1) is 0 Å². The van der Waals surface area contributed by atoms with Crippen LogP contribution in [0.4, 0.5) is 5.69 Å². The molecule has 134 valence electrons. The second kappa shape index (κ2) is 7.76. The Morgan fingerprint density at radius 1 is 1.24 bits per heavy atom. The Hall–Kier alpha value is -2.25. The summed E-state index contributed by atoms with van der Waals surface area (Å²) in [5, 5.41) is 3.82. The fourth-order valence-electron chi connectivity index (χ4n) is 3.12. The minimum absolute atomic E-state index is 0.118. The topological polar surface area (TPSA) is 65.7 Å². The van der Waals surface area contributed by atoms with Crippen LogP contribution in [0.25, 0.3) is 0 Å². The number of likely N-dealkylation sites (N-methyl/N-ethyl adjacent to an activating group) is 1. The lowest BCUT2D eigenvalue weighted by atomic mass is 10.2. The standard InChI is InChI=1S/C18H25N5O2/c1-14(18(24)21(3)16-7-5-4-6-8-16)23-11-9-22(10-12-23)13-17-19-15(2)20-25-17/h4-8,14H,9-13H2,1-3H3/t14-/m1/s1. The SMILES string of the molecule is Cc1noc(CN2CCN([C@H](C)C(=O)N(C)c3ccccc3)CC2)n1. The summed E-state index contributed by atoms with van der Waals surface area (Å²) in [5.41, 5.74) is 0.921. The Labute approximate surface area is 148 Å². The van der Waals surface area contributed by atoms with Gasteiger partial charge in [-0.05, 0) is 26.0 Å². The molecule has 1 aliphatic heterocycles. The van der Waals surface area contributed by atoms with Gasteiger partial charge in [-0.3, -0.25) is 14.6 Å². The molecular formula is C18H25N5O2. The van der Waals surface area contributed by atoms with E-state index in [4.69, 9.17) is 4.52 Å². The van der Waals surface area contributed by atoms with E-state index in [1.54, 1.807) is 4.90 Å². The highest BCUT2D eigenvalue weighted by atomic mass is 16.5. The van der Waals surface area contributed by atoms with E-state index in [0.29, 0.717) is 18.3 Å². The first kappa shape index (κ1) is 17.6. The van der Waals surface area contributed by atoms with Gasteiger partial charge in [0.15, 0.2) is 5.82 Å². The van der Waals surface area contributed by atoms with Gasteiger partial charge in [-0.25, -0.2) is 0 Å². The van der Waals surface area contributed by atoms with Gasteiger partial charge < -0.3 is 9.42 Å². The van der Waals surface area contributed by atoms with Gasteiger partial charge in [0, 0.05) is 38.9 Å². The average Bonchev–Trinajstić information content (AvgIpc) is 3.06. The zero-order chi connectivity index (χ0) is 17.8. The zero-order valence-corrected chi connectivity index (χ0v) is 15.1. The van der Waals surface area contributed by atoms with E-state index in [9.17, 15) is 4.79 Å². The summed E-state index contributed by atoms with van der Waals surface area (Å²) in [6.07, 6.45) is 0. The molecule has 1 saturated heterocycles. The number of hydrogen-bond donors (Lipinski definition) is 0. The summed E-state index contributed by atoms with van der Waals surface area (Å²) < 4.78 is 5.18. The van der Waals surface area contributed by atoms with Gasteiger partial charge in [0.25, 0.3) is 0 Å². The lowest BCUT2D eigenvalue weighted by molar-refractivity contribution is -0.123. The van der Waals surface area contributed by atoms with Crippen molar-refractivity contribution in [2.45, 2.75) is 26.4 Å². The molecule has 2 aromatic rings. The van der Waals surface area contributed by atoms with Crippen LogP contribution >= 0.6 is 0 Å². The van der Waals surface area contributed by atoms with Crippen molar-refractivity contribution in [1.82, 2.24) is 19.9 Å². The third-order valence-corrected chi connectivity index (χ3v) is 4.71. The number of piperazine rings is 1. The molecule has 3 rings (SSSR count). The number of nitrogens with zero attached hydrogens (tertiary/aromatic N) is 5. The molecule has 0 spiro atoms. The van der Waals surface area contributed by atoms with Gasteiger partial charge in [0.05, 0.1) is 12.6 Å². The zero-order valence-electron chi connectivity index (χ0n) is 15.1. The molecule has 0 saturated carbocycles. The number of hydrogen-bond acceptors (Lipinski definition) is 6. The molecular weight excluding hydrogens is 318 g/mol. The number of rotatable bonds is 5. The average molecular weight is 343 g/mol. The van der Waals surface area contributed by atoms with Crippen LogP contribution in [-0.4, -0.2) is 65.1 Å². The Morgan fingerprint density at radius 3 is 2.52 bits per heavy atom. The van der Waals surface area contributed by atoms with Crippen LogP contribution in [-0.2, 0) is 11.3 Å². The number of anilines is 1. The fraction of sp³-hybridized carbons (Fsp3) is 0.500. The molecule has 1 atom stereocenters. The lowest BCUT2D eigenvalue weighted by Crippen LogP contribution is -2.53. The highest BCUT2D eigenvalue weighted by Gasteiger charge is 2.28. The maximum atomic E-state index is 12.8. The molecule has 1 fully saturated rings. The molecule has 7 nitrogen and oxygen atoms in total. The van der Waals surface area contributed by atoms with Crippen LogP contribution in [0.5, 0.6) is 0 Å². The number of carbonyl (C=O) groups excluding carboxylic acids is 1. The van der Waals surface area contributed by atoms with Gasteiger partial charge >= 0.3 is 0 Å². The van der Waals surface area contributed by atoms with Crippen molar-refractivity contribution in [3.63, 3.8) is 0 Å². The van der Waals surface area contributed by atoms with Crippen molar-refractivity contribution in [1.29, 1.82) is 0 Å². The van der Waals surface area contributed by atoms with E-state index < -0.39 is 0 Å². The summed E-state index contributed by atoms with van der Waals surface area (Å²) in [6, 6.07) is 9.61. The van der Waals surface area contributed by atoms with E-state index >= 15 is 0 Å². The molecule has 1 aromatic carbocycles. The van der Waals surface area contributed by atoms with E-state index in [1.807, 2.05) is 51.2 Å². The summed E-state index contributed by atoms with van der Waals surface area (Å²) in [6.45, 7) is 7.94. The molecule has 2 heterocycles. The molecule has 25 heavy (non-hydrogen) atoms. The van der Waals surface area contributed by atoms with E-state index in [-0.39, 0.29) is 11.9 Å². The third-order valence-electron chi connectivity index (χ3n) is 4.71. The molecule has 0 radical (unpaired) electrons. The number of aryl methyl sites for hydroxylation is 1. The highest BCUT2D eigenvalue weighted by molar-refractivity contribution is 5.96. The molecule has 1 aliphatic rings. The predicted octanol–water partition coefficient (Wildman–Crippen LogP) is 1.55. The third kappa shape index (κ3) is 4.24. The Kier molecular flexibility index (Phi) is 5.45. The Bertz CT molecular complexity index is 695. The molecule has 0 unspecified atom stereocenters. The fourth-order valence-corrected chi connectivity index (χ4v) is 3.12. The van der Waals surface area contributed by atoms with Crippen molar-refractivity contribution in [3.8, 4) is 0 Å². The molecule has 0 bridgehead atoms. The van der Waals surface area contributed by atoms with Crippen LogP contribution in [0.2, 0.25) is 0 Å². The summed E-state index contributed by atoms with van der Waals surface area (Å²) in [7, 11) is 1.84. The maximum Gasteiger partial charge on any atom is 0.243 e. The van der Waals surface area contributed by atoms with Crippen LogP contribution in [0.1, 0.15) is 18.6 Å². The first-order chi connectivity index (χ1) is 12.0. The molecule has 1 aromatic heterocycles. The van der Waals surface area contributed by atoms with E-state index in [1.165, 1.54) is 0 Å². The smallest absolute Gasteiger partial charge is 0.243 e. The van der Waals surface area contributed by atoms with Crippen molar-refractivity contribution in [2.24, 2.45) is 0 Å². The Morgan fingerprint density at radius 2 is 1.92 bits per heavy atom. The van der Waals surface area contributed by atoms with Crippen LogP contribution < -0.4 is 4.90 Å². The molecule has 1 amide bonds. The van der Waals surface area contributed by atoms with Crippen molar-refractivity contribution in [2.75, 3.05) is 38.1 Å². The van der Waals surface area contributed by atoms with Gasteiger partial charge in [0.2, 0.25) is 11.8 Å². The minimum Gasteiger partial charge on any atom is -0.338 e. The predicted molar refractivity (Wildman–Crippen MR) is 95.2 cm³/mol. The summed E-state index contributed by atoms with van der Waals surface area (Å²) >= 11 is 0. The Balaban J connectivity index is 1.52. The minimum atomic E-state index is -0.141. The largest absolute Gasteiger partial charge is 0.338 e. The van der Waals surface area contributed by atoms with Gasteiger partial charge in [-0.2, -0.15) is 4.98 Å². The number of aromatic nitrogens is 2. The van der Waals surface area contributed by atoms with E-state index in [2.05, 4.69) is 19.9 Å². The highest BCUT2D eigenvalue weighted by Crippen LogP contribution is 2.16. The molecule has 0 N–H and O–H groups in total. The van der Waals surface area contributed by atoms with E-state index in [0.717, 1.165) is 31.9 Å². The first-order valence-electron chi connectivity index (χ1n) is 8.63. The normalized spacial score (nSPS) is 17.4. The van der Waals surface area contributed by atoms with Gasteiger partial charge in [0.1, 0.15) is 0 Å². The maximum absolute atomic E-state index is 12.8. The number of benzene rings is 1. The summed E-state index contributed by atoms with van der Waals surface area (Å²) in [5.74, 6) is 1.43. The summed E-state index contributed by atoms with van der Waals surface area (Å²) in [4.78, 5) is 23.3. The second-order valence-corrected chi connectivity index (χ2v) is 6.46. The number of para-hydroxylation sites is 1. The first-order valence-corrected chi connectivity index (χ1v) is 8.63. The second-order valence-electron chi connectivity index (χ2n) is 6.46. The van der Waals surface area contributed by atoms with Crippen LogP contribution in [0, 0.1) is 6.92 Å². The lowest BCUT2D eigenvalue weighted by Gasteiger charge is -2.38. The van der Waals surface area contributed by atoms with Gasteiger partial charge in [-0.1, -0.05) is 23.4 Å².